The summed E-state index contributed by atoms with van der Waals surface area (Å²) in [4.78, 5) is 23.7. The summed E-state index contributed by atoms with van der Waals surface area (Å²) in [6.07, 6.45) is 2.84. The average Bonchev–Trinajstić information content (AvgIpc) is 2.42. The lowest BCUT2D eigenvalue weighted by atomic mass is 10.2. The minimum absolute atomic E-state index is 0.107. The highest BCUT2D eigenvalue weighted by Gasteiger charge is 2.09. The van der Waals surface area contributed by atoms with Gasteiger partial charge in [-0.15, -0.1) is 11.8 Å². The molecule has 0 saturated carbocycles. The highest BCUT2D eigenvalue weighted by Crippen LogP contribution is 2.19. The second-order valence-corrected chi connectivity index (χ2v) is 4.48. The van der Waals surface area contributed by atoms with Crippen molar-refractivity contribution in [3.8, 4) is 0 Å². The number of hydrogen-bond donors (Lipinski definition) is 1. The second kappa shape index (κ2) is 7.76. The Morgan fingerprint density at radius 2 is 2.06 bits per heavy atom. The zero-order valence-corrected chi connectivity index (χ0v) is 11.4. The van der Waals surface area contributed by atoms with E-state index in [-0.39, 0.29) is 11.9 Å². The third kappa shape index (κ3) is 4.41. The van der Waals surface area contributed by atoms with E-state index in [1.54, 1.807) is 6.07 Å². The molecule has 1 aromatic carbocycles. The molecule has 1 amide bonds. The number of nitrogens with one attached hydrogen (secondary N) is 1. The third-order valence-electron chi connectivity index (χ3n) is 2.42. The summed E-state index contributed by atoms with van der Waals surface area (Å²) in [6.45, 7) is 0.469. The Labute approximate surface area is 111 Å². The van der Waals surface area contributed by atoms with E-state index in [4.69, 9.17) is 0 Å². The Hall–Kier alpha value is -1.49. The molecule has 5 heteroatoms. The molecular formula is C13H17NO3S. The van der Waals surface area contributed by atoms with Crippen molar-refractivity contribution in [3.63, 3.8) is 0 Å². The molecule has 18 heavy (non-hydrogen) atoms. The first-order valence-corrected chi connectivity index (χ1v) is 6.89. The van der Waals surface area contributed by atoms with Crippen LogP contribution in [0.1, 0.15) is 23.2 Å². The Morgan fingerprint density at radius 3 is 2.72 bits per heavy atom. The quantitative estimate of drug-likeness (QED) is 0.487. The van der Waals surface area contributed by atoms with Gasteiger partial charge in [0.2, 0.25) is 0 Å². The van der Waals surface area contributed by atoms with Gasteiger partial charge in [0.05, 0.1) is 12.7 Å². The molecule has 0 aliphatic rings. The maximum absolute atomic E-state index is 11.9. The van der Waals surface area contributed by atoms with Crippen LogP contribution in [0, 0.1) is 0 Å². The van der Waals surface area contributed by atoms with Gasteiger partial charge in [-0.3, -0.25) is 9.59 Å². The van der Waals surface area contributed by atoms with E-state index in [1.807, 2.05) is 24.5 Å². The SMILES string of the molecule is COC(=O)CCCNC(=O)c1ccccc1SC. The van der Waals surface area contributed by atoms with Gasteiger partial charge in [0.25, 0.3) is 5.91 Å². The lowest BCUT2D eigenvalue weighted by Crippen LogP contribution is -2.25. The van der Waals surface area contributed by atoms with Crippen LogP contribution in [0.2, 0.25) is 0 Å². The standard InChI is InChI=1S/C13H17NO3S/c1-17-12(15)8-5-9-14-13(16)10-6-3-4-7-11(10)18-2/h3-4,6-7H,5,8-9H2,1-2H3,(H,14,16). The molecule has 1 rings (SSSR count). The van der Waals surface area contributed by atoms with Crippen molar-refractivity contribution in [3.05, 3.63) is 29.8 Å². The molecule has 1 N–H and O–H groups in total. The molecule has 0 atom stereocenters. The van der Waals surface area contributed by atoms with Crippen molar-refractivity contribution in [1.29, 1.82) is 0 Å². The van der Waals surface area contributed by atoms with Gasteiger partial charge in [-0.1, -0.05) is 12.1 Å². The fraction of sp³-hybridized carbons (Fsp3) is 0.385. The van der Waals surface area contributed by atoms with E-state index < -0.39 is 0 Å². The van der Waals surface area contributed by atoms with Crippen LogP contribution in [0.3, 0.4) is 0 Å². The van der Waals surface area contributed by atoms with Crippen molar-refractivity contribution in [2.45, 2.75) is 17.7 Å². The molecule has 4 nitrogen and oxygen atoms in total. The van der Waals surface area contributed by atoms with E-state index in [0.29, 0.717) is 24.9 Å². The first-order chi connectivity index (χ1) is 8.69. The van der Waals surface area contributed by atoms with Crippen LogP contribution >= 0.6 is 11.8 Å². The minimum atomic E-state index is -0.256. The fourth-order valence-electron chi connectivity index (χ4n) is 1.46. The zero-order valence-electron chi connectivity index (χ0n) is 10.6. The largest absolute Gasteiger partial charge is 0.469 e. The van der Waals surface area contributed by atoms with Gasteiger partial charge in [0.15, 0.2) is 0 Å². The Bertz CT molecular complexity index is 420. The van der Waals surface area contributed by atoms with Gasteiger partial charge in [-0.2, -0.15) is 0 Å². The molecule has 0 aliphatic carbocycles. The Balaban J connectivity index is 2.43. The molecule has 0 saturated heterocycles. The van der Waals surface area contributed by atoms with Crippen LogP contribution in [0.25, 0.3) is 0 Å². The van der Waals surface area contributed by atoms with Gasteiger partial charge < -0.3 is 10.1 Å². The molecule has 0 spiro atoms. The third-order valence-corrected chi connectivity index (χ3v) is 3.22. The minimum Gasteiger partial charge on any atom is -0.469 e. The summed E-state index contributed by atoms with van der Waals surface area (Å²) in [6, 6.07) is 7.44. The van der Waals surface area contributed by atoms with Gasteiger partial charge in [-0.25, -0.2) is 0 Å². The van der Waals surface area contributed by atoms with Gasteiger partial charge in [-0.05, 0) is 24.8 Å². The number of thioether (sulfide) groups is 1. The average molecular weight is 267 g/mol. The number of benzene rings is 1. The topological polar surface area (TPSA) is 55.4 Å². The highest BCUT2D eigenvalue weighted by atomic mass is 32.2. The van der Waals surface area contributed by atoms with E-state index >= 15 is 0 Å². The van der Waals surface area contributed by atoms with Crippen molar-refractivity contribution in [1.82, 2.24) is 5.32 Å². The van der Waals surface area contributed by atoms with Crippen LogP contribution in [-0.4, -0.2) is 31.8 Å². The van der Waals surface area contributed by atoms with Crippen molar-refractivity contribution in [2.24, 2.45) is 0 Å². The summed E-state index contributed by atoms with van der Waals surface area (Å²) in [5, 5.41) is 2.79. The maximum atomic E-state index is 11.9. The summed E-state index contributed by atoms with van der Waals surface area (Å²) in [5.74, 6) is -0.362. The smallest absolute Gasteiger partial charge is 0.305 e. The number of carbonyl (C=O) groups excluding carboxylic acids is 2. The van der Waals surface area contributed by atoms with Crippen LogP contribution in [0.4, 0.5) is 0 Å². The molecule has 0 fully saturated rings. The lowest BCUT2D eigenvalue weighted by molar-refractivity contribution is -0.140. The predicted molar refractivity (Wildman–Crippen MR) is 71.8 cm³/mol. The normalized spacial score (nSPS) is 9.89. The van der Waals surface area contributed by atoms with Gasteiger partial charge >= 0.3 is 5.97 Å². The summed E-state index contributed by atoms with van der Waals surface area (Å²) >= 11 is 1.54. The maximum Gasteiger partial charge on any atom is 0.305 e. The van der Waals surface area contributed by atoms with Crippen molar-refractivity contribution >= 4 is 23.6 Å². The number of methoxy groups -OCH3 is 1. The number of esters is 1. The molecular weight excluding hydrogens is 250 g/mol. The first-order valence-electron chi connectivity index (χ1n) is 5.67. The molecule has 0 unspecified atom stereocenters. The highest BCUT2D eigenvalue weighted by molar-refractivity contribution is 7.98. The van der Waals surface area contributed by atoms with Gasteiger partial charge in [0.1, 0.15) is 0 Å². The van der Waals surface area contributed by atoms with Crippen LogP contribution in [0.5, 0.6) is 0 Å². The number of carbonyl (C=O) groups is 2. The summed E-state index contributed by atoms with van der Waals surface area (Å²) in [7, 11) is 1.36. The van der Waals surface area contributed by atoms with E-state index in [9.17, 15) is 9.59 Å². The van der Waals surface area contributed by atoms with E-state index in [0.717, 1.165) is 4.90 Å². The number of ether oxygens (including phenoxy) is 1. The monoisotopic (exact) mass is 267 g/mol. The first kappa shape index (κ1) is 14.6. The number of amides is 1. The molecule has 0 bridgehead atoms. The molecule has 1 aromatic rings. The van der Waals surface area contributed by atoms with Crippen molar-refractivity contribution in [2.75, 3.05) is 19.9 Å². The zero-order chi connectivity index (χ0) is 13.4. The molecule has 98 valence electrons. The summed E-state index contributed by atoms with van der Waals surface area (Å²) < 4.78 is 4.52. The Morgan fingerprint density at radius 1 is 1.33 bits per heavy atom. The molecule has 0 heterocycles. The second-order valence-electron chi connectivity index (χ2n) is 3.64. The number of hydrogen-bond acceptors (Lipinski definition) is 4. The Kier molecular flexibility index (Phi) is 6.28. The molecule has 0 aromatic heterocycles. The van der Waals surface area contributed by atoms with E-state index in [1.165, 1.54) is 18.9 Å². The van der Waals surface area contributed by atoms with Gasteiger partial charge in [0, 0.05) is 17.9 Å². The van der Waals surface area contributed by atoms with E-state index in [2.05, 4.69) is 10.1 Å². The van der Waals surface area contributed by atoms with Crippen LogP contribution in [0.15, 0.2) is 29.2 Å². The van der Waals surface area contributed by atoms with Crippen LogP contribution in [-0.2, 0) is 9.53 Å². The predicted octanol–water partition coefficient (Wildman–Crippen LogP) is 2.09. The van der Waals surface area contributed by atoms with Crippen LogP contribution < -0.4 is 5.32 Å². The lowest BCUT2D eigenvalue weighted by Gasteiger charge is -2.08. The summed E-state index contributed by atoms with van der Waals surface area (Å²) in [5.41, 5.74) is 0.670. The van der Waals surface area contributed by atoms with Crippen molar-refractivity contribution < 1.29 is 14.3 Å². The molecule has 0 aliphatic heterocycles. The fourth-order valence-corrected chi connectivity index (χ4v) is 2.06. The molecule has 0 radical (unpaired) electrons. The number of rotatable bonds is 6.